The first-order valence-corrected chi connectivity index (χ1v) is 11.0. The molecule has 2 aromatic carbocycles. The van der Waals surface area contributed by atoms with Crippen LogP contribution in [0.4, 0.5) is 4.39 Å². The van der Waals surface area contributed by atoms with Gasteiger partial charge in [-0.3, -0.25) is 19.1 Å². The number of likely N-dealkylation sites (tertiary alicyclic amines) is 1. The van der Waals surface area contributed by atoms with E-state index in [9.17, 15) is 14.0 Å². The summed E-state index contributed by atoms with van der Waals surface area (Å²) in [6, 6.07) is 14.0. The quantitative estimate of drug-likeness (QED) is 0.436. The van der Waals surface area contributed by atoms with Crippen molar-refractivity contribution in [3.05, 3.63) is 92.3 Å². The molecule has 9 heteroatoms. The molecule has 1 saturated heterocycles. The molecule has 0 bridgehead atoms. The minimum absolute atomic E-state index is 0.132. The molecule has 4 aromatic rings. The first-order chi connectivity index (χ1) is 16.0. The lowest BCUT2D eigenvalue weighted by Gasteiger charge is -2.32. The number of halogens is 1. The van der Waals surface area contributed by atoms with E-state index in [0.29, 0.717) is 61.6 Å². The summed E-state index contributed by atoms with van der Waals surface area (Å²) in [6.07, 6.45) is 1.99. The molecule has 170 valence electrons. The van der Waals surface area contributed by atoms with Crippen LogP contribution in [0.3, 0.4) is 0 Å². The van der Waals surface area contributed by atoms with Crippen molar-refractivity contribution in [1.82, 2.24) is 24.2 Å². The Bertz CT molecular complexity index is 1400. The van der Waals surface area contributed by atoms with Crippen molar-refractivity contribution in [2.75, 3.05) is 13.1 Å². The maximum absolute atomic E-state index is 13.8. The monoisotopic (exact) mass is 449 g/mol. The van der Waals surface area contributed by atoms with Crippen molar-refractivity contribution < 1.29 is 8.91 Å². The molecule has 0 amide bonds. The average Bonchev–Trinajstić information content (AvgIpc) is 3.26. The first kappa shape index (κ1) is 21.3. The van der Waals surface area contributed by atoms with Crippen LogP contribution < -0.4 is 11.1 Å². The maximum Gasteiger partial charge on any atom is 0.317 e. The van der Waals surface area contributed by atoms with Gasteiger partial charge in [0.2, 0.25) is 5.89 Å². The maximum atomic E-state index is 13.8. The molecule has 0 saturated carbocycles. The van der Waals surface area contributed by atoms with Gasteiger partial charge in [-0.05, 0) is 36.6 Å². The van der Waals surface area contributed by atoms with Crippen molar-refractivity contribution in [3.8, 4) is 0 Å². The van der Waals surface area contributed by atoms with Crippen LogP contribution in [0.25, 0.3) is 11.0 Å². The molecule has 0 N–H and O–H groups in total. The second-order valence-electron chi connectivity index (χ2n) is 8.45. The Balaban J connectivity index is 1.29. The third kappa shape index (κ3) is 4.23. The zero-order valence-electron chi connectivity index (χ0n) is 18.3. The van der Waals surface area contributed by atoms with Gasteiger partial charge in [-0.25, -0.2) is 4.39 Å². The van der Waals surface area contributed by atoms with Gasteiger partial charge in [0, 0.05) is 32.6 Å². The Morgan fingerprint density at radius 3 is 2.55 bits per heavy atom. The van der Waals surface area contributed by atoms with Crippen LogP contribution in [0, 0.1) is 5.82 Å². The Hall–Kier alpha value is -3.59. The molecule has 1 fully saturated rings. The SMILES string of the molecule is Cn1c(=O)c(=O)n(C2CCN(Cc3nc(Cc4ccccc4)no3)CC2)c2ccc(F)cc21. The first-order valence-electron chi connectivity index (χ1n) is 11.0. The molecule has 1 aliphatic heterocycles. The number of benzene rings is 2. The minimum Gasteiger partial charge on any atom is -0.338 e. The molecule has 33 heavy (non-hydrogen) atoms. The highest BCUT2D eigenvalue weighted by molar-refractivity contribution is 5.75. The number of rotatable bonds is 5. The summed E-state index contributed by atoms with van der Waals surface area (Å²) in [4.78, 5) is 32.0. The van der Waals surface area contributed by atoms with Crippen molar-refractivity contribution in [2.45, 2.75) is 31.8 Å². The average molecular weight is 449 g/mol. The summed E-state index contributed by atoms with van der Waals surface area (Å²) in [6.45, 7) is 1.96. The largest absolute Gasteiger partial charge is 0.338 e. The Kier molecular flexibility index (Phi) is 5.63. The van der Waals surface area contributed by atoms with E-state index in [2.05, 4.69) is 15.0 Å². The van der Waals surface area contributed by atoms with E-state index in [0.717, 1.165) is 5.56 Å². The van der Waals surface area contributed by atoms with Crippen molar-refractivity contribution in [1.29, 1.82) is 0 Å². The molecular formula is C24H24FN5O3. The van der Waals surface area contributed by atoms with E-state index in [1.54, 1.807) is 10.6 Å². The lowest BCUT2D eigenvalue weighted by molar-refractivity contribution is 0.161. The highest BCUT2D eigenvalue weighted by Crippen LogP contribution is 2.25. The van der Waals surface area contributed by atoms with Gasteiger partial charge >= 0.3 is 11.1 Å². The molecule has 0 spiro atoms. The standard InChI is InChI=1S/C24H24FN5O3/c1-28-20-14-17(25)7-8-19(20)30(24(32)23(28)31)18-9-11-29(12-10-18)15-22-26-21(27-33-22)13-16-5-3-2-4-6-16/h2-8,14,18H,9-13,15H2,1H3. The minimum atomic E-state index is -0.646. The number of fused-ring (bicyclic) bond motifs is 1. The number of aryl methyl sites for hydroxylation is 1. The summed E-state index contributed by atoms with van der Waals surface area (Å²) in [7, 11) is 1.49. The molecule has 2 aromatic heterocycles. The summed E-state index contributed by atoms with van der Waals surface area (Å²) >= 11 is 0. The summed E-state index contributed by atoms with van der Waals surface area (Å²) in [5, 5.41) is 4.08. The fraction of sp³-hybridized carbons (Fsp3) is 0.333. The fourth-order valence-electron chi connectivity index (χ4n) is 4.53. The van der Waals surface area contributed by atoms with Gasteiger partial charge < -0.3 is 9.09 Å². The van der Waals surface area contributed by atoms with Crippen LogP contribution in [-0.2, 0) is 20.0 Å². The van der Waals surface area contributed by atoms with Gasteiger partial charge in [-0.15, -0.1) is 0 Å². The predicted octanol–water partition coefficient (Wildman–Crippen LogP) is 2.65. The topological polar surface area (TPSA) is 86.2 Å². The predicted molar refractivity (Wildman–Crippen MR) is 121 cm³/mol. The number of piperidine rings is 1. The second kappa shape index (κ2) is 8.74. The lowest BCUT2D eigenvalue weighted by Crippen LogP contribution is -2.44. The molecule has 0 radical (unpaired) electrons. The van der Waals surface area contributed by atoms with E-state index >= 15 is 0 Å². The third-order valence-corrected chi connectivity index (χ3v) is 6.26. The highest BCUT2D eigenvalue weighted by Gasteiger charge is 2.25. The molecular weight excluding hydrogens is 425 g/mol. The normalized spacial score (nSPS) is 15.3. The number of hydrogen-bond acceptors (Lipinski definition) is 6. The molecule has 8 nitrogen and oxygen atoms in total. The van der Waals surface area contributed by atoms with Gasteiger partial charge in [-0.1, -0.05) is 35.5 Å². The zero-order chi connectivity index (χ0) is 22.9. The van der Waals surface area contributed by atoms with Crippen LogP contribution in [0.15, 0.2) is 62.6 Å². The summed E-state index contributed by atoms with van der Waals surface area (Å²) < 4.78 is 22.0. The van der Waals surface area contributed by atoms with Gasteiger partial charge in [-0.2, -0.15) is 4.98 Å². The third-order valence-electron chi connectivity index (χ3n) is 6.26. The Labute approximate surface area is 188 Å². The van der Waals surface area contributed by atoms with E-state index in [4.69, 9.17) is 4.52 Å². The Morgan fingerprint density at radius 1 is 1.03 bits per heavy atom. The number of aromatic nitrogens is 4. The summed E-state index contributed by atoms with van der Waals surface area (Å²) in [5.41, 5.74) is 0.894. The van der Waals surface area contributed by atoms with Crippen molar-refractivity contribution in [2.24, 2.45) is 7.05 Å². The van der Waals surface area contributed by atoms with Crippen molar-refractivity contribution >= 4 is 11.0 Å². The molecule has 5 rings (SSSR count). The van der Waals surface area contributed by atoms with Crippen molar-refractivity contribution in [3.63, 3.8) is 0 Å². The van der Waals surface area contributed by atoms with E-state index in [-0.39, 0.29) is 6.04 Å². The lowest BCUT2D eigenvalue weighted by atomic mass is 10.0. The van der Waals surface area contributed by atoms with Crippen LogP contribution in [0.2, 0.25) is 0 Å². The van der Waals surface area contributed by atoms with Gasteiger partial charge in [0.1, 0.15) is 5.82 Å². The van der Waals surface area contributed by atoms with E-state index < -0.39 is 16.9 Å². The van der Waals surface area contributed by atoms with Gasteiger partial charge in [0.25, 0.3) is 0 Å². The van der Waals surface area contributed by atoms with Gasteiger partial charge in [0.05, 0.1) is 17.6 Å². The molecule has 0 unspecified atom stereocenters. The number of nitrogens with zero attached hydrogens (tertiary/aromatic N) is 5. The molecule has 0 aliphatic carbocycles. The highest BCUT2D eigenvalue weighted by atomic mass is 19.1. The molecule has 0 atom stereocenters. The number of hydrogen-bond donors (Lipinski definition) is 0. The Morgan fingerprint density at radius 2 is 1.79 bits per heavy atom. The van der Waals surface area contributed by atoms with Crippen LogP contribution in [0.1, 0.15) is 36.2 Å². The van der Waals surface area contributed by atoms with E-state index in [1.807, 2.05) is 30.3 Å². The smallest absolute Gasteiger partial charge is 0.317 e. The van der Waals surface area contributed by atoms with Crippen LogP contribution >= 0.6 is 0 Å². The zero-order valence-corrected chi connectivity index (χ0v) is 18.3. The van der Waals surface area contributed by atoms with Gasteiger partial charge in [0.15, 0.2) is 5.82 Å². The fourth-order valence-corrected chi connectivity index (χ4v) is 4.53. The second-order valence-corrected chi connectivity index (χ2v) is 8.45. The van der Waals surface area contributed by atoms with Crippen LogP contribution in [0.5, 0.6) is 0 Å². The summed E-state index contributed by atoms with van der Waals surface area (Å²) in [5.74, 6) is 0.770. The molecule has 1 aliphatic rings. The van der Waals surface area contributed by atoms with Crippen LogP contribution in [-0.4, -0.2) is 37.3 Å². The van der Waals surface area contributed by atoms with E-state index in [1.165, 1.54) is 23.7 Å². The molecule has 3 heterocycles.